The van der Waals surface area contributed by atoms with Crippen LogP contribution in [0.5, 0.6) is 0 Å². The van der Waals surface area contributed by atoms with Gasteiger partial charge in [0.2, 0.25) is 0 Å². The Morgan fingerprint density at radius 2 is 2.06 bits per heavy atom. The van der Waals surface area contributed by atoms with E-state index in [1.54, 1.807) is 20.8 Å². The first kappa shape index (κ1) is 11.6. The van der Waals surface area contributed by atoms with Crippen LogP contribution in [0.25, 0.3) is 0 Å². The van der Waals surface area contributed by atoms with Crippen LogP contribution in [0, 0.1) is 0 Å². The highest BCUT2D eigenvalue weighted by atomic mass is 19.3. The van der Waals surface area contributed by atoms with Crippen LogP contribution >= 0.6 is 0 Å². The number of hydrogen-bond acceptors (Lipinski definition) is 2. The molecule has 0 bridgehead atoms. The van der Waals surface area contributed by atoms with Gasteiger partial charge in [-0.15, -0.1) is 0 Å². The molecule has 0 aromatic heterocycles. The first-order valence-electron chi connectivity index (χ1n) is 5.61. The molecule has 0 spiro atoms. The van der Waals surface area contributed by atoms with Crippen LogP contribution in [0.3, 0.4) is 0 Å². The van der Waals surface area contributed by atoms with E-state index < -0.39 is 23.7 Å². The maximum atomic E-state index is 13.4. The van der Waals surface area contributed by atoms with Gasteiger partial charge in [-0.1, -0.05) is 0 Å². The average Bonchev–Trinajstić information content (AvgIpc) is 2.75. The molecule has 1 saturated carbocycles. The fraction of sp³-hybridized carbons (Fsp3) is 0.909. The number of carbonyl (C=O) groups excluding carboxylic acids is 1. The molecule has 2 unspecified atom stereocenters. The lowest BCUT2D eigenvalue weighted by atomic mass is 9.97. The molecule has 0 aromatic carbocycles. The van der Waals surface area contributed by atoms with Gasteiger partial charge in [0.1, 0.15) is 11.6 Å². The van der Waals surface area contributed by atoms with Crippen molar-refractivity contribution in [2.45, 2.75) is 63.6 Å². The zero-order valence-electron chi connectivity index (χ0n) is 9.80. The van der Waals surface area contributed by atoms with E-state index in [4.69, 9.17) is 4.74 Å². The highest BCUT2D eigenvalue weighted by Crippen LogP contribution is 2.49. The monoisotopic (exact) mass is 233 g/mol. The summed E-state index contributed by atoms with van der Waals surface area (Å²) in [7, 11) is 0. The molecular formula is C11H17F2NO2. The third kappa shape index (κ3) is 1.99. The molecular weight excluding hydrogens is 216 g/mol. The van der Waals surface area contributed by atoms with E-state index in [2.05, 4.69) is 0 Å². The number of alkyl halides is 2. The number of likely N-dealkylation sites (tertiary alicyclic amines) is 1. The van der Waals surface area contributed by atoms with Crippen molar-refractivity contribution in [1.29, 1.82) is 0 Å². The van der Waals surface area contributed by atoms with Crippen molar-refractivity contribution < 1.29 is 18.3 Å². The molecule has 0 N–H and O–H groups in total. The summed E-state index contributed by atoms with van der Waals surface area (Å²) < 4.78 is 32.0. The fourth-order valence-corrected chi connectivity index (χ4v) is 2.32. The zero-order valence-corrected chi connectivity index (χ0v) is 9.80. The van der Waals surface area contributed by atoms with E-state index in [-0.39, 0.29) is 12.5 Å². The van der Waals surface area contributed by atoms with Crippen LogP contribution < -0.4 is 0 Å². The summed E-state index contributed by atoms with van der Waals surface area (Å²) in [5, 5.41) is 0. The molecule has 2 rings (SSSR count). The summed E-state index contributed by atoms with van der Waals surface area (Å²) in [5.74, 6) is -2.74. The Labute approximate surface area is 93.7 Å². The normalized spacial score (nSPS) is 31.9. The Kier molecular flexibility index (Phi) is 2.40. The first-order valence-corrected chi connectivity index (χ1v) is 5.61. The van der Waals surface area contributed by atoms with E-state index in [9.17, 15) is 13.6 Å². The minimum absolute atomic E-state index is 0.118. The van der Waals surface area contributed by atoms with Crippen LogP contribution in [0.4, 0.5) is 13.6 Å². The molecule has 3 nitrogen and oxygen atoms in total. The quantitative estimate of drug-likeness (QED) is 0.602. The number of rotatable bonds is 0. The van der Waals surface area contributed by atoms with Gasteiger partial charge in [-0.2, -0.15) is 0 Å². The summed E-state index contributed by atoms with van der Waals surface area (Å²) in [6.07, 6.45) is 0.421. The molecule has 2 aliphatic rings. The van der Waals surface area contributed by atoms with Gasteiger partial charge in [0.05, 0.1) is 6.04 Å². The van der Waals surface area contributed by atoms with Crippen molar-refractivity contribution >= 4 is 6.09 Å². The second-order valence-electron chi connectivity index (χ2n) is 5.55. The van der Waals surface area contributed by atoms with E-state index >= 15 is 0 Å². The molecule has 2 atom stereocenters. The Bertz CT molecular complexity index is 312. The van der Waals surface area contributed by atoms with Gasteiger partial charge in [-0.3, -0.25) is 4.90 Å². The number of halogens is 2. The summed E-state index contributed by atoms with van der Waals surface area (Å²) in [6.45, 7) is 5.20. The molecule has 1 saturated heterocycles. The van der Waals surface area contributed by atoms with Crippen molar-refractivity contribution in [1.82, 2.24) is 4.90 Å². The third-order valence-corrected chi connectivity index (χ3v) is 2.98. The van der Waals surface area contributed by atoms with Crippen molar-refractivity contribution in [3.05, 3.63) is 0 Å². The summed E-state index contributed by atoms with van der Waals surface area (Å²) in [6, 6.07) is -1.23. The minimum Gasteiger partial charge on any atom is -0.444 e. The third-order valence-electron chi connectivity index (χ3n) is 2.98. The predicted molar refractivity (Wildman–Crippen MR) is 54.4 cm³/mol. The second-order valence-corrected chi connectivity index (χ2v) is 5.55. The Morgan fingerprint density at radius 3 is 2.56 bits per heavy atom. The summed E-state index contributed by atoms with van der Waals surface area (Å²) in [4.78, 5) is 12.8. The molecule has 1 aliphatic heterocycles. The summed E-state index contributed by atoms with van der Waals surface area (Å²) >= 11 is 0. The van der Waals surface area contributed by atoms with E-state index in [0.29, 0.717) is 12.8 Å². The maximum absolute atomic E-state index is 13.4. The first-order chi connectivity index (χ1) is 7.22. The van der Waals surface area contributed by atoms with Gasteiger partial charge in [0, 0.05) is 6.42 Å². The Morgan fingerprint density at radius 1 is 1.44 bits per heavy atom. The highest BCUT2D eigenvalue weighted by Gasteiger charge is 2.66. The van der Waals surface area contributed by atoms with Crippen molar-refractivity contribution in [2.24, 2.45) is 0 Å². The van der Waals surface area contributed by atoms with Crippen molar-refractivity contribution in [3.8, 4) is 0 Å². The predicted octanol–water partition coefficient (Wildman–Crippen LogP) is 2.79. The lowest BCUT2D eigenvalue weighted by molar-refractivity contribution is -0.0320. The molecule has 2 fully saturated rings. The van der Waals surface area contributed by atoms with Crippen LogP contribution in [0.1, 0.15) is 40.0 Å². The van der Waals surface area contributed by atoms with Gasteiger partial charge >= 0.3 is 6.09 Å². The second kappa shape index (κ2) is 3.31. The van der Waals surface area contributed by atoms with Crippen LogP contribution in [0.15, 0.2) is 0 Å². The van der Waals surface area contributed by atoms with Gasteiger partial charge in [-0.25, -0.2) is 13.6 Å². The van der Waals surface area contributed by atoms with E-state index in [1.165, 1.54) is 4.90 Å². The number of nitrogens with zero attached hydrogens (tertiary/aromatic N) is 1. The lowest BCUT2D eigenvalue weighted by Gasteiger charge is -2.21. The van der Waals surface area contributed by atoms with Gasteiger partial charge in [0.25, 0.3) is 5.92 Å². The van der Waals surface area contributed by atoms with Crippen LogP contribution in [0.2, 0.25) is 0 Å². The van der Waals surface area contributed by atoms with Gasteiger partial charge < -0.3 is 4.74 Å². The molecule has 0 radical (unpaired) electrons. The molecule has 1 aliphatic carbocycles. The van der Waals surface area contributed by atoms with E-state index in [0.717, 1.165) is 0 Å². The number of hydrogen-bond donors (Lipinski definition) is 0. The molecule has 16 heavy (non-hydrogen) atoms. The maximum Gasteiger partial charge on any atom is 0.411 e. The van der Waals surface area contributed by atoms with Gasteiger partial charge in [-0.05, 0) is 33.6 Å². The number of ether oxygens (including phenoxy) is 1. The fourth-order valence-electron chi connectivity index (χ4n) is 2.32. The lowest BCUT2D eigenvalue weighted by Crippen LogP contribution is -2.33. The molecule has 1 heterocycles. The topological polar surface area (TPSA) is 29.3 Å². The van der Waals surface area contributed by atoms with Crippen molar-refractivity contribution in [2.75, 3.05) is 0 Å². The van der Waals surface area contributed by atoms with Gasteiger partial charge in [0.15, 0.2) is 0 Å². The molecule has 1 amide bonds. The van der Waals surface area contributed by atoms with E-state index in [1.807, 2.05) is 0 Å². The standard InChI is InChI=1S/C11H17F2NO2/c1-10(2,3)16-9(15)14-7-5-4-6-11(12,13)8(7)14/h7-8H,4-6H2,1-3H3. The smallest absolute Gasteiger partial charge is 0.411 e. The summed E-state index contributed by atoms with van der Waals surface area (Å²) in [5.41, 5.74) is -0.627. The highest BCUT2D eigenvalue weighted by molar-refractivity contribution is 5.73. The Hall–Kier alpha value is -0.870. The average molecular weight is 233 g/mol. The van der Waals surface area contributed by atoms with Crippen LogP contribution in [-0.2, 0) is 4.74 Å². The number of fused-ring (bicyclic) bond motifs is 1. The molecule has 92 valence electrons. The molecule has 5 heteroatoms. The largest absolute Gasteiger partial charge is 0.444 e. The number of amides is 1. The Balaban J connectivity index is 2.01. The molecule has 0 aromatic rings. The van der Waals surface area contributed by atoms with Crippen LogP contribution in [-0.4, -0.2) is 34.6 Å². The SMILES string of the molecule is CC(C)(C)OC(=O)N1C2CCCC(F)(F)C21. The minimum atomic E-state index is -2.74. The zero-order chi connectivity index (χ0) is 12.1. The number of carbonyl (C=O) groups is 1. The van der Waals surface area contributed by atoms with Crippen molar-refractivity contribution in [3.63, 3.8) is 0 Å².